The molecule has 0 spiro atoms. The van der Waals surface area contributed by atoms with Crippen molar-refractivity contribution in [3.05, 3.63) is 83.3 Å². The van der Waals surface area contributed by atoms with Crippen LogP contribution in [0.5, 0.6) is 0 Å². The van der Waals surface area contributed by atoms with E-state index in [1.165, 1.54) is 0 Å². The summed E-state index contributed by atoms with van der Waals surface area (Å²) in [5.74, 6) is 0. The van der Waals surface area contributed by atoms with Gasteiger partial charge in [0.2, 0.25) is 10.0 Å². The molecule has 0 aliphatic heterocycles. The Hall–Kier alpha value is -3.67. The van der Waals surface area contributed by atoms with E-state index in [1.807, 2.05) is 55.5 Å². The van der Waals surface area contributed by atoms with Crippen LogP contribution in [0, 0.1) is 11.3 Å². The maximum Gasteiger partial charge on any atom is 0.229 e. The molecule has 0 aliphatic rings. The minimum absolute atomic E-state index is 0.0460. The van der Waals surface area contributed by atoms with Crippen molar-refractivity contribution in [2.24, 2.45) is 0 Å². The summed E-state index contributed by atoms with van der Waals surface area (Å²) in [7, 11) is -3.52. The van der Waals surface area contributed by atoms with Crippen LogP contribution in [-0.2, 0) is 10.0 Å². The Morgan fingerprint density at radius 3 is 2.48 bits per heavy atom. The van der Waals surface area contributed by atoms with Gasteiger partial charge in [0.25, 0.3) is 0 Å². The van der Waals surface area contributed by atoms with Gasteiger partial charge < -0.3 is 5.32 Å². The van der Waals surface area contributed by atoms with Crippen LogP contribution in [-0.4, -0.2) is 24.6 Å². The van der Waals surface area contributed by atoms with Gasteiger partial charge >= 0.3 is 0 Å². The van der Waals surface area contributed by atoms with Crippen LogP contribution in [0.15, 0.2) is 67.0 Å². The lowest BCUT2D eigenvalue weighted by Gasteiger charge is -2.19. The molecule has 2 aromatic heterocycles. The van der Waals surface area contributed by atoms with E-state index in [4.69, 9.17) is 11.6 Å². The van der Waals surface area contributed by atoms with Gasteiger partial charge in [-0.1, -0.05) is 48.0 Å². The smallest absolute Gasteiger partial charge is 0.229 e. The molecule has 1 unspecified atom stereocenters. The van der Waals surface area contributed by atoms with Crippen LogP contribution in [0.1, 0.15) is 24.1 Å². The van der Waals surface area contributed by atoms with Crippen molar-refractivity contribution in [3.63, 3.8) is 0 Å². The summed E-state index contributed by atoms with van der Waals surface area (Å²) in [6.45, 7) is 2.03. The van der Waals surface area contributed by atoms with Gasteiger partial charge in [0.05, 0.1) is 28.7 Å². The first-order valence-electron chi connectivity index (χ1n) is 10.0. The van der Waals surface area contributed by atoms with Crippen LogP contribution in [0.3, 0.4) is 0 Å². The van der Waals surface area contributed by atoms with E-state index in [2.05, 4.69) is 26.1 Å². The monoisotopic (exact) mass is 477 g/mol. The van der Waals surface area contributed by atoms with Gasteiger partial charge in [-0.3, -0.25) is 9.71 Å². The van der Waals surface area contributed by atoms with E-state index < -0.39 is 10.0 Å². The minimum Gasteiger partial charge on any atom is -0.377 e. The number of fused-ring (bicyclic) bond motifs is 1. The zero-order valence-electron chi connectivity index (χ0n) is 17.9. The molecule has 33 heavy (non-hydrogen) atoms. The topological polar surface area (TPSA) is 108 Å². The standard InChI is InChI=1S/C24H20ClN5O2S/c1-15(16-6-4-3-5-7-16)29-23-19(12-26)14-27-21-9-8-17(10-20(21)23)18-11-22(24(25)28-13-18)30-33(2,31)32/h3-11,13-15,30H,1-2H3,(H,27,29). The Kier molecular flexibility index (Phi) is 6.18. The highest BCUT2D eigenvalue weighted by molar-refractivity contribution is 7.92. The second-order valence-electron chi connectivity index (χ2n) is 7.60. The fraction of sp³-hybridized carbons (Fsp3) is 0.125. The molecule has 0 saturated heterocycles. The summed E-state index contributed by atoms with van der Waals surface area (Å²) in [4.78, 5) is 8.54. The lowest BCUT2D eigenvalue weighted by atomic mass is 10.0. The number of rotatable bonds is 6. The van der Waals surface area contributed by atoms with Crippen LogP contribution < -0.4 is 10.0 Å². The van der Waals surface area contributed by atoms with Crippen molar-refractivity contribution in [1.29, 1.82) is 5.26 Å². The number of hydrogen-bond acceptors (Lipinski definition) is 6. The summed E-state index contributed by atoms with van der Waals surface area (Å²) in [6, 6.07) is 19.3. The predicted octanol–water partition coefficient (Wildman–Crippen LogP) is 5.37. The number of nitrogens with zero attached hydrogens (tertiary/aromatic N) is 3. The average Bonchev–Trinajstić information content (AvgIpc) is 2.80. The van der Waals surface area contributed by atoms with Gasteiger partial charge in [0.15, 0.2) is 5.15 Å². The first-order valence-corrected chi connectivity index (χ1v) is 12.3. The van der Waals surface area contributed by atoms with Crippen molar-refractivity contribution in [2.75, 3.05) is 16.3 Å². The Balaban J connectivity index is 1.81. The fourth-order valence-corrected chi connectivity index (χ4v) is 4.29. The molecule has 1 atom stereocenters. The molecule has 9 heteroatoms. The van der Waals surface area contributed by atoms with E-state index >= 15 is 0 Å². The number of sulfonamides is 1. The second-order valence-corrected chi connectivity index (χ2v) is 9.71. The summed E-state index contributed by atoms with van der Waals surface area (Å²) < 4.78 is 25.7. The maximum absolute atomic E-state index is 11.7. The van der Waals surface area contributed by atoms with Crippen molar-refractivity contribution in [2.45, 2.75) is 13.0 Å². The normalized spacial score (nSPS) is 12.2. The zero-order valence-corrected chi connectivity index (χ0v) is 19.4. The van der Waals surface area contributed by atoms with Gasteiger partial charge in [-0.2, -0.15) is 5.26 Å². The molecular weight excluding hydrogens is 458 g/mol. The molecule has 7 nitrogen and oxygen atoms in total. The van der Waals surface area contributed by atoms with Gasteiger partial charge in [-0.25, -0.2) is 13.4 Å². The molecule has 0 bridgehead atoms. The van der Waals surface area contributed by atoms with Crippen molar-refractivity contribution in [1.82, 2.24) is 9.97 Å². The molecular formula is C24H20ClN5O2S. The minimum atomic E-state index is -3.52. The van der Waals surface area contributed by atoms with Crippen LogP contribution in [0.2, 0.25) is 5.15 Å². The van der Waals surface area contributed by atoms with Gasteiger partial charge in [-0.05, 0) is 36.2 Å². The van der Waals surface area contributed by atoms with E-state index in [0.29, 0.717) is 16.8 Å². The maximum atomic E-state index is 11.7. The van der Waals surface area contributed by atoms with Crippen molar-refractivity contribution >= 4 is 43.9 Å². The lowest BCUT2D eigenvalue weighted by Crippen LogP contribution is -2.10. The molecule has 2 aromatic carbocycles. The van der Waals surface area contributed by atoms with E-state index in [0.717, 1.165) is 28.3 Å². The second kappa shape index (κ2) is 9.06. The van der Waals surface area contributed by atoms with Gasteiger partial charge in [0.1, 0.15) is 6.07 Å². The SMILES string of the molecule is CC(Nc1c(C#N)cnc2ccc(-c3cnc(Cl)c(NS(C)(=O)=O)c3)cc12)c1ccccc1. The van der Waals surface area contributed by atoms with Gasteiger partial charge in [0, 0.05) is 29.4 Å². The van der Waals surface area contributed by atoms with Crippen LogP contribution in [0.4, 0.5) is 11.4 Å². The highest BCUT2D eigenvalue weighted by Crippen LogP contribution is 2.34. The quantitative estimate of drug-likeness (QED) is 0.361. The van der Waals surface area contributed by atoms with E-state index in [-0.39, 0.29) is 16.9 Å². The number of pyridine rings is 2. The molecule has 0 fully saturated rings. The first kappa shape index (κ1) is 22.5. The highest BCUT2D eigenvalue weighted by atomic mass is 35.5. The van der Waals surface area contributed by atoms with E-state index in [9.17, 15) is 13.7 Å². The molecule has 2 heterocycles. The molecule has 2 N–H and O–H groups in total. The Morgan fingerprint density at radius 1 is 1.03 bits per heavy atom. The number of benzene rings is 2. The molecule has 4 rings (SSSR count). The van der Waals surface area contributed by atoms with Crippen LogP contribution in [0.25, 0.3) is 22.0 Å². The number of aromatic nitrogens is 2. The molecule has 166 valence electrons. The third-order valence-electron chi connectivity index (χ3n) is 5.12. The third kappa shape index (κ3) is 5.06. The van der Waals surface area contributed by atoms with Crippen LogP contribution >= 0.6 is 11.6 Å². The Bertz CT molecular complexity index is 1480. The molecule has 0 radical (unpaired) electrons. The van der Waals surface area contributed by atoms with E-state index in [1.54, 1.807) is 18.5 Å². The number of nitrogens with one attached hydrogen (secondary N) is 2. The molecule has 0 saturated carbocycles. The molecule has 4 aromatic rings. The van der Waals surface area contributed by atoms with Crippen molar-refractivity contribution in [3.8, 4) is 17.2 Å². The Morgan fingerprint density at radius 2 is 1.79 bits per heavy atom. The average molecular weight is 478 g/mol. The van der Waals surface area contributed by atoms with Crippen molar-refractivity contribution < 1.29 is 8.42 Å². The molecule has 0 aliphatic carbocycles. The summed E-state index contributed by atoms with van der Waals surface area (Å²) in [5.41, 5.74) is 4.54. The predicted molar refractivity (Wildman–Crippen MR) is 132 cm³/mol. The first-order chi connectivity index (χ1) is 15.7. The number of halogens is 1. The largest absolute Gasteiger partial charge is 0.377 e. The fourth-order valence-electron chi connectivity index (χ4n) is 3.53. The zero-order chi connectivity index (χ0) is 23.6. The Labute approximate surface area is 197 Å². The summed E-state index contributed by atoms with van der Waals surface area (Å²) >= 11 is 6.07. The van der Waals surface area contributed by atoms with Gasteiger partial charge in [-0.15, -0.1) is 0 Å². The molecule has 0 amide bonds. The summed E-state index contributed by atoms with van der Waals surface area (Å²) in [6.07, 6.45) is 4.17. The lowest BCUT2D eigenvalue weighted by molar-refractivity contribution is 0.607. The number of hydrogen-bond donors (Lipinski definition) is 2. The summed E-state index contributed by atoms with van der Waals surface area (Å²) in [5, 5.41) is 14.0. The highest BCUT2D eigenvalue weighted by Gasteiger charge is 2.15. The number of nitriles is 1. The number of anilines is 2. The third-order valence-corrected chi connectivity index (χ3v) is 6.01.